The van der Waals surface area contributed by atoms with E-state index in [1.165, 1.54) is 0 Å². The van der Waals surface area contributed by atoms with E-state index in [9.17, 15) is 4.79 Å². The number of carbonyl (C=O) groups is 1. The maximum absolute atomic E-state index is 12.0. The van der Waals surface area contributed by atoms with Crippen molar-refractivity contribution in [1.82, 2.24) is 25.7 Å². The molecule has 0 unspecified atom stereocenters. The third-order valence-corrected chi connectivity index (χ3v) is 4.18. The Labute approximate surface area is 184 Å². The van der Waals surface area contributed by atoms with Crippen LogP contribution in [-0.2, 0) is 11.3 Å². The van der Waals surface area contributed by atoms with Crippen molar-refractivity contribution in [2.75, 3.05) is 20.7 Å². The zero-order chi connectivity index (χ0) is 23.1. The van der Waals surface area contributed by atoms with Gasteiger partial charge in [-0.25, -0.2) is 9.48 Å². The molecule has 0 radical (unpaired) electrons. The molecule has 0 spiro atoms. The Kier molecular flexibility index (Phi) is 7.90. The average molecular weight is 431 g/mol. The third kappa shape index (κ3) is 8.19. The van der Waals surface area contributed by atoms with E-state index in [0.717, 1.165) is 17.1 Å². The number of nitrogens with one attached hydrogen (secondary N) is 3. The van der Waals surface area contributed by atoms with Gasteiger partial charge in [-0.1, -0.05) is 0 Å². The van der Waals surface area contributed by atoms with Gasteiger partial charge in [0.15, 0.2) is 5.96 Å². The highest BCUT2D eigenvalue weighted by atomic mass is 16.6. The smallest absolute Gasteiger partial charge is 0.408 e. The molecule has 1 amide bonds. The molecule has 1 aromatic heterocycles. The normalized spacial score (nSPS) is 12.3. The molecular weight excluding hydrogens is 396 g/mol. The maximum Gasteiger partial charge on any atom is 0.408 e. The number of alkyl carbamates (subject to hydrolysis) is 1. The second-order valence-corrected chi connectivity index (χ2v) is 8.74. The summed E-state index contributed by atoms with van der Waals surface area (Å²) >= 11 is 0. The molecule has 0 saturated carbocycles. The monoisotopic (exact) mass is 430 g/mol. The van der Waals surface area contributed by atoms with Crippen molar-refractivity contribution in [1.29, 1.82) is 0 Å². The number of aromatic nitrogens is 2. The van der Waals surface area contributed by atoms with Gasteiger partial charge < -0.3 is 25.4 Å². The van der Waals surface area contributed by atoms with Gasteiger partial charge in [-0.3, -0.25) is 4.99 Å². The van der Waals surface area contributed by atoms with E-state index in [0.29, 0.717) is 19.0 Å². The molecule has 1 heterocycles. The van der Waals surface area contributed by atoms with Gasteiger partial charge in [-0.2, -0.15) is 5.10 Å². The van der Waals surface area contributed by atoms with Gasteiger partial charge in [0.1, 0.15) is 11.4 Å². The third-order valence-electron chi connectivity index (χ3n) is 4.18. The highest BCUT2D eigenvalue weighted by Gasteiger charge is 2.24. The first-order valence-electron chi connectivity index (χ1n) is 10.2. The van der Waals surface area contributed by atoms with Crippen LogP contribution in [0.4, 0.5) is 4.79 Å². The first kappa shape index (κ1) is 24.0. The minimum absolute atomic E-state index is 0.452. The summed E-state index contributed by atoms with van der Waals surface area (Å²) in [6.45, 7) is 10.3. The summed E-state index contributed by atoms with van der Waals surface area (Å²) < 4.78 is 12.3. The predicted molar refractivity (Wildman–Crippen MR) is 122 cm³/mol. The number of nitrogens with zero attached hydrogens (tertiary/aromatic N) is 3. The van der Waals surface area contributed by atoms with Crippen LogP contribution in [0.2, 0.25) is 0 Å². The summed E-state index contributed by atoms with van der Waals surface area (Å²) in [4.78, 5) is 16.3. The number of hydrogen-bond donors (Lipinski definition) is 3. The second kappa shape index (κ2) is 10.2. The maximum atomic E-state index is 12.0. The van der Waals surface area contributed by atoms with Crippen molar-refractivity contribution in [2.45, 2.75) is 52.3 Å². The number of methoxy groups -OCH3 is 1. The van der Waals surface area contributed by atoms with Crippen molar-refractivity contribution >= 4 is 12.1 Å². The Hall–Kier alpha value is -3.23. The van der Waals surface area contributed by atoms with Crippen LogP contribution in [0.5, 0.6) is 5.75 Å². The average Bonchev–Trinajstić information content (AvgIpc) is 3.15. The van der Waals surface area contributed by atoms with Crippen molar-refractivity contribution in [3.8, 4) is 11.4 Å². The molecule has 170 valence electrons. The largest absolute Gasteiger partial charge is 0.497 e. The van der Waals surface area contributed by atoms with E-state index >= 15 is 0 Å². The molecular formula is C22H34N6O3. The fourth-order valence-corrected chi connectivity index (χ4v) is 2.66. The number of aliphatic imine (C=N–C) groups is 1. The predicted octanol–water partition coefficient (Wildman–Crippen LogP) is 2.85. The minimum Gasteiger partial charge on any atom is -0.497 e. The summed E-state index contributed by atoms with van der Waals surface area (Å²) in [5.41, 5.74) is 0.741. The first-order valence-corrected chi connectivity index (χ1v) is 10.2. The van der Waals surface area contributed by atoms with Gasteiger partial charge in [0, 0.05) is 19.8 Å². The van der Waals surface area contributed by atoms with E-state index in [-0.39, 0.29) is 0 Å². The molecule has 31 heavy (non-hydrogen) atoms. The molecule has 0 fully saturated rings. The van der Waals surface area contributed by atoms with Crippen LogP contribution in [0.25, 0.3) is 5.69 Å². The number of ether oxygens (including phenoxy) is 2. The molecule has 1 aromatic carbocycles. The number of amides is 1. The van der Waals surface area contributed by atoms with Crippen LogP contribution in [0.15, 0.2) is 41.5 Å². The summed E-state index contributed by atoms with van der Waals surface area (Å²) in [5, 5.41) is 13.9. The van der Waals surface area contributed by atoms with Crippen LogP contribution in [0, 0.1) is 0 Å². The molecule has 0 bridgehead atoms. The fraction of sp³-hybridized carbons (Fsp3) is 0.500. The lowest BCUT2D eigenvalue weighted by Gasteiger charge is -2.29. The number of carbonyl (C=O) groups excluding carboxylic acids is 1. The van der Waals surface area contributed by atoms with Gasteiger partial charge in [0.25, 0.3) is 0 Å². The number of hydrogen-bond acceptors (Lipinski definition) is 5. The van der Waals surface area contributed by atoms with Crippen molar-refractivity contribution in [3.05, 3.63) is 42.2 Å². The molecule has 9 heteroatoms. The first-order chi connectivity index (χ1) is 14.5. The zero-order valence-corrected chi connectivity index (χ0v) is 19.4. The van der Waals surface area contributed by atoms with E-state index in [2.05, 4.69) is 26.0 Å². The van der Waals surface area contributed by atoms with Crippen molar-refractivity contribution in [2.24, 2.45) is 4.99 Å². The molecule has 3 N–H and O–H groups in total. The second-order valence-electron chi connectivity index (χ2n) is 8.74. The van der Waals surface area contributed by atoms with E-state index in [4.69, 9.17) is 9.47 Å². The minimum atomic E-state index is -0.541. The van der Waals surface area contributed by atoms with Gasteiger partial charge in [0.2, 0.25) is 0 Å². The molecule has 0 aliphatic carbocycles. The van der Waals surface area contributed by atoms with Crippen LogP contribution in [0.1, 0.15) is 40.3 Å². The Bertz CT molecular complexity index is 881. The Morgan fingerprint density at radius 1 is 1.10 bits per heavy atom. The number of benzene rings is 1. The Morgan fingerprint density at radius 3 is 2.35 bits per heavy atom. The highest BCUT2D eigenvalue weighted by Crippen LogP contribution is 2.14. The summed E-state index contributed by atoms with van der Waals surface area (Å²) in [7, 11) is 3.34. The lowest BCUT2D eigenvalue weighted by atomic mass is 10.1. The number of guanidine groups is 1. The van der Waals surface area contributed by atoms with Gasteiger partial charge in [0.05, 0.1) is 30.6 Å². The zero-order valence-electron chi connectivity index (χ0n) is 19.4. The highest BCUT2D eigenvalue weighted by molar-refractivity contribution is 5.79. The van der Waals surface area contributed by atoms with Crippen molar-refractivity contribution in [3.63, 3.8) is 0 Å². The Morgan fingerprint density at radius 2 is 1.77 bits per heavy atom. The quantitative estimate of drug-likeness (QED) is 0.461. The van der Waals surface area contributed by atoms with E-state index in [1.54, 1.807) is 18.8 Å². The fourth-order valence-electron chi connectivity index (χ4n) is 2.66. The van der Waals surface area contributed by atoms with E-state index in [1.807, 2.05) is 71.1 Å². The van der Waals surface area contributed by atoms with Crippen LogP contribution < -0.4 is 20.7 Å². The van der Waals surface area contributed by atoms with Crippen LogP contribution in [0.3, 0.4) is 0 Å². The van der Waals surface area contributed by atoms with Crippen molar-refractivity contribution < 1.29 is 14.3 Å². The van der Waals surface area contributed by atoms with Crippen LogP contribution >= 0.6 is 0 Å². The molecule has 0 aliphatic heterocycles. The van der Waals surface area contributed by atoms with Gasteiger partial charge in [-0.15, -0.1) is 0 Å². The summed E-state index contributed by atoms with van der Waals surface area (Å²) in [6.07, 6.45) is 1.45. The molecule has 0 saturated heterocycles. The standard InChI is InChI=1S/C22H34N6O3/c1-21(2,3)31-20(29)26-22(4,5)15-25-19(23-6)24-14-16-12-13-28(27-16)17-8-10-18(30-7)11-9-17/h8-13H,14-15H2,1-7H3,(H,26,29)(H2,23,24,25). The Balaban J connectivity index is 1.85. The SMILES string of the molecule is CN=C(NCc1ccn(-c2ccc(OC)cc2)n1)NCC(C)(C)NC(=O)OC(C)(C)C. The molecule has 2 rings (SSSR count). The van der Waals surface area contributed by atoms with Gasteiger partial charge >= 0.3 is 6.09 Å². The van der Waals surface area contributed by atoms with E-state index < -0.39 is 17.2 Å². The molecule has 9 nitrogen and oxygen atoms in total. The lowest BCUT2D eigenvalue weighted by molar-refractivity contribution is 0.0474. The lowest BCUT2D eigenvalue weighted by Crippen LogP contribution is -2.54. The van der Waals surface area contributed by atoms with Crippen LogP contribution in [-0.4, -0.2) is 53.7 Å². The molecule has 2 aromatic rings. The molecule has 0 atom stereocenters. The topological polar surface area (TPSA) is 102 Å². The van der Waals surface area contributed by atoms with Gasteiger partial charge in [-0.05, 0) is 65.0 Å². The number of rotatable bonds is 7. The summed E-state index contributed by atoms with van der Waals surface area (Å²) in [5.74, 6) is 1.41. The molecule has 0 aliphatic rings. The summed E-state index contributed by atoms with van der Waals surface area (Å²) in [6, 6.07) is 9.63.